The van der Waals surface area contributed by atoms with Crippen LogP contribution in [0.2, 0.25) is 5.02 Å². The Morgan fingerprint density at radius 1 is 1.00 bits per heavy atom. The Morgan fingerprint density at radius 3 is 2.32 bits per heavy atom. The fraction of sp³-hybridized carbons (Fsp3) is 0.333. The summed E-state index contributed by atoms with van der Waals surface area (Å²) in [7, 11) is -2.76. The summed E-state index contributed by atoms with van der Waals surface area (Å²) >= 11 is 6.01. The zero-order chi connectivity index (χ0) is 30.2. The number of nitrogens with one attached hydrogen (secondary N) is 1. The fourth-order valence-electron chi connectivity index (χ4n) is 4.22. The lowest BCUT2D eigenvalue weighted by molar-refractivity contribution is -0.140. The summed E-state index contributed by atoms with van der Waals surface area (Å²) in [6.07, 6.45) is 0.978. The molecule has 0 fully saturated rings. The van der Waals surface area contributed by atoms with Crippen molar-refractivity contribution in [1.29, 1.82) is 0 Å². The summed E-state index contributed by atoms with van der Waals surface area (Å²) in [6.45, 7) is 4.95. The van der Waals surface area contributed by atoms with Crippen LogP contribution in [0.4, 0.5) is 10.1 Å². The van der Waals surface area contributed by atoms with Gasteiger partial charge in [0.05, 0.1) is 22.7 Å². The third-order valence-electron chi connectivity index (χ3n) is 6.68. The lowest BCUT2D eigenvalue weighted by atomic mass is 10.1. The van der Waals surface area contributed by atoms with Gasteiger partial charge in [0.25, 0.3) is 10.0 Å². The van der Waals surface area contributed by atoms with Gasteiger partial charge in [-0.3, -0.25) is 13.9 Å². The van der Waals surface area contributed by atoms with Crippen LogP contribution in [0.25, 0.3) is 0 Å². The molecule has 1 N–H and O–H groups in total. The number of anilines is 1. The van der Waals surface area contributed by atoms with Gasteiger partial charge in [0.15, 0.2) is 0 Å². The lowest BCUT2D eigenvalue weighted by Gasteiger charge is -2.33. The minimum atomic E-state index is -4.29. The number of carbonyl (C=O) groups excluding carboxylic acids is 2. The maximum Gasteiger partial charge on any atom is 0.264 e. The van der Waals surface area contributed by atoms with Crippen molar-refractivity contribution in [2.24, 2.45) is 0 Å². The number of nitrogens with zero attached hydrogens (tertiary/aromatic N) is 2. The molecule has 0 aromatic heterocycles. The van der Waals surface area contributed by atoms with E-state index in [0.717, 1.165) is 16.4 Å². The summed E-state index contributed by atoms with van der Waals surface area (Å²) in [5.74, 6) is -1.13. The Bertz CT molecular complexity index is 1460. The van der Waals surface area contributed by atoms with Crippen LogP contribution in [0.3, 0.4) is 0 Å². The average molecular weight is 604 g/mol. The molecule has 0 radical (unpaired) electrons. The smallest absolute Gasteiger partial charge is 0.264 e. The topological polar surface area (TPSA) is 96.0 Å². The van der Waals surface area contributed by atoms with Gasteiger partial charge in [-0.05, 0) is 67.8 Å². The molecule has 0 aliphatic rings. The molecule has 0 aliphatic heterocycles. The minimum absolute atomic E-state index is 0.00652. The van der Waals surface area contributed by atoms with Crippen LogP contribution in [-0.4, -0.2) is 50.9 Å². The van der Waals surface area contributed by atoms with E-state index in [2.05, 4.69) is 5.32 Å². The monoisotopic (exact) mass is 603 g/mol. The third-order valence-corrected chi connectivity index (χ3v) is 8.75. The van der Waals surface area contributed by atoms with E-state index in [9.17, 15) is 22.4 Å². The molecule has 0 saturated heterocycles. The van der Waals surface area contributed by atoms with E-state index < -0.39 is 34.3 Å². The van der Waals surface area contributed by atoms with Gasteiger partial charge in [-0.1, -0.05) is 55.8 Å². The van der Waals surface area contributed by atoms with Crippen LogP contribution >= 0.6 is 11.6 Å². The van der Waals surface area contributed by atoms with Gasteiger partial charge in [-0.15, -0.1) is 0 Å². The highest BCUT2D eigenvalue weighted by Crippen LogP contribution is 2.28. The number of hydrogen-bond donors (Lipinski definition) is 1. The zero-order valence-electron chi connectivity index (χ0n) is 23.5. The second-order valence-electron chi connectivity index (χ2n) is 9.54. The van der Waals surface area contributed by atoms with Gasteiger partial charge in [-0.2, -0.15) is 0 Å². The third kappa shape index (κ3) is 7.98. The van der Waals surface area contributed by atoms with E-state index in [1.165, 1.54) is 30.2 Å². The fourth-order valence-corrected chi connectivity index (χ4v) is 5.82. The molecule has 0 bridgehead atoms. The van der Waals surface area contributed by atoms with E-state index in [1.807, 2.05) is 13.8 Å². The van der Waals surface area contributed by atoms with Crippen molar-refractivity contribution in [3.8, 4) is 5.75 Å². The van der Waals surface area contributed by atoms with E-state index in [1.54, 1.807) is 49.4 Å². The highest BCUT2D eigenvalue weighted by Gasteiger charge is 2.34. The number of rotatable bonds is 13. The molecule has 3 rings (SSSR count). The summed E-state index contributed by atoms with van der Waals surface area (Å²) in [5, 5.41) is 2.64. The number of sulfonamides is 1. The van der Waals surface area contributed by atoms with Crippen LogP contribution < -0.4 is 14.4 Å². The highest BCUT2D eigenvalue weighted by atomic mass is 35.5. The molecule has 3 aromatic carbocycles. The maximum absolute atomic E-state index is 14.1. The summed E-state index contributed by atoms with van der Waals surface area (Å²) in [6, 6.07) is 17.1. The Kier molecular flexibility index (Phi) is 11.1. The molecule has 0 heterocycles. The molecule has 0 aliphatic carbocycles. The van der Waals surface area contributed by atoms with Crippen LogP contribution in [0.5, 0.6) is 5.75 Å². The Hall–Kier alpha value is -3.63. The Balaban J connectivity index is 2.08. The molecular formula is C30H35ClFN3O5S. The van der Waals surface area contributed by atoms with Crippen molar-refractivity contribution in [2.45, 2.75) is 57.1 Å². The molecule has 0 saturated carbocycles. The minimum Gasteiger partial charge on any atom is -0.497 e. The van der Waals surface area contributed by atoms with Gasteiger partial charge in [0, 0.05) is 12.6 Å². The highest BCUT2D eigenvalue weighted by molar-refractivity contribution is 7.92. The van der Waals surface area contributed by atoms with E-state index in [0.29, 0.717) is 17.7 Å². The second-order valence-corrected chi connectivity index (χ2v) is 11.8. The molecule has 2 unspecified atom stereocenters. The molecule has 8 nitrogen and oxygen atoms in total. The Labute approximate surface area is 246 Å². The number of benzene rings is 3. The first kappa shape index (κ1) is 31.9. The van der Waals surface area contributed by atoms with Crippen molar-refractivity contribution in [3.05, 3.63) is 89.2 Å². The van der Waals surface area contributed by atoms with Crippen molar-refractivity contribution < 1.29 is 27.1 Å². The largest absolute Gasteiger partial charge is 0.497 e. The summed E-state index contributed by atoms with van der Waals surface area (Å²) in [5.41, 5.74) is 0.696. The molecule has 3 aromatic rings. The normalized spacial score (nSPS) is 12.7. The Morgan fingerprint density at radius 2 is 1.71 bits per heavy atom. The number of hydrogen-bond acceptors (Lipinski definition) is 5. The van der Waals surface area contributed by atoms with Crippen LogP contribution in [0, 0.1) is 5.82 Å². The van der Waals surface area contributed by atoms with Crippen molar-refractivity contribution in [1.82, 2.24) is 10.2 Å². The second kappa shape index (κ2) is 14.3. The predicted octanol–water partition coefficient (Wildman–Crippen LogP) is 5.41. The van der Waals surface area contributed by atoms with Crippen LogP contribution in [0.1, 0.15) is 39.2 Å². The number of amides is 2. The van der Waals surface area contributed by atoms with Gasteiger partial charge in [0.2, 0.25) is 11.8 Å². The van der Waals surface area contributed by atoms with E-state index in [-0.39, 0.29) is 40.5 Å². The molecule has 11 heteroatoms. The van der Waals surface area contributed by atoms with Gasteiger partial charge >= 0.3 is 0 Å². The first-order chi connectivity index (χ1) is 19.5. The molecule has 41 heavy (non-hydrogen) atoms. The quantitative estimate of drug-likeness (QED) is 0.282. The standard InChI is InChI=1S/C30H35ClFN3O5S/c1-5-21(3)33-30(37)28(6-2)34(19-22-11-10-12-24(17-22)40-4)29(36)20-35(23-15-16-27(32)26(31)18-23)41(38,39)25-13-8-7-9-14-25/h7-18,21,28H,5-6,19-20H2,1-4H3,(H,33,37). The maximum atomic E-state index is 14.1. The lowest BCUT2D eigenvalue weighted by Crippen LogP contribution is -2.53. The first-order valence-electron chi connectivity index (χ1n) is 13.3. The average Bonchev–Trinajstić information content (AvgIpc) is 2.97. The van der Waals surface area contributed by atoms with Gasteiger partial charge < -0.3 is 15.0 Å². The predicted molar refractivity (Wildman–Crippen MR) is 158 cm³/mol. The first-order valence-corrected chi connectivity index (χ1v) is 15.1. The van der Waals surface area contributed by atoms with Crippen molar-refractivity contribution >= 4 is 39.1 Å². The number of methoxy groups -OCH3 is 1. The summed E-state index contributed by atoms with van der Waals surface area (Å²) in [4.78, 5) is 28.7. The number of carbonyl (C=O) groups is 2. The van der Waals surface area contributed by atoms with Crippen LogP contribution in [0.15, 0.2) is 77.7 Å². The van der Waals surface area contributed by atoms with Crippen molar-refractivity contribution in [2.75, 3.05) is 18.0 Å². The molecule has 220 valence electrons. The molecule has 0 spiro atoms. The SMILES string of the molecule is CCC(C)NC(=O)C(CC)N(Cc1cccc(OC)c1)C(=O)CN(c1ccc(F)c(Cl)c1)S(=O)(=O)c1ccccc1. The van der Waals surface area contributed by atoms with E-state index >= 15 is 0 Å². The van der Waals surface area contributed by atoms with E-state index in [4.69, 9.17) is 16.3 Å². The van der Waals surface area contributed by atoms with Crippen molar-refractivity contribution in [3.63, 3.8) is 0 Å². The van der Waals surface area contributed by atoms with Crippen LogP contribution in [-0.2, 0) is 26.2 Å². The molecule has 2 amide bonds. The van der Waals surface area contributed by atoms with Gasteiger partial charge in [-0.25, -0.2) is 12.8 Å². The molecular weight excluding hydrogens is 569 g/mol. The zero-order valence-corrected chi connectivity index (χ0v) is 25.1. The van der Waals surface area contributed by atoms with Gasteiger partial charge in [0.1, 0.15) is 24.2 Å². The molecule has 2 atom stereocenters. The summed E-state index contributed by atoms with van der Waals surface area (Å²) < 4.78 is 47.8. The number of ether oxygens (including phenoxy) is 1. The number of halogens is 2.